The van der Waals surface area contributed by atoms with Gasteiger partial charge in [-0.1, -0.05) is 83.1 Å². The molecule has 0 aromatic rings. The van der Waals surface area contributed by atoms with Crippen LogP contribution in [0, 0.1) is 62.1 Å². The van der Waals surface area contributed by atoms with E-state index in [9.17, 15) is 5.11 Å². The summed E-state index contributed by atoms with van der Waals surface area (Å²) in [6, 6.07) is 3.58. The molecule has 1 heterocycles. The van der Waals surface area contributed by atoms with Crippen LogP contribution in [0.25, 0.3) is 0 Å². The van der Waals surface area contributed by atoms with E-state index in [1.807, 2.05) is 0 Å². The third-order valence-corrected chi connectivity index (χ3v) is 21.5. The molecule has 4 heteroatoms. The van der Waals surface area contributed by atoms with Gasteiger partial charge in [0.1, 0.15) is 0 Å². The van der Waals surface area contributed by atoms with Gasteiger partial charge >= 0.3 is 0 Å². The molecular weight excluding hydrogens is 533 g/mol. The van der Waals surface area contributed by atoms with Crippen LogP contribution in [0.5, 0.6) is 0 Å². The smallest absolute Gasteiger partial charge is 0.192 e. The molecule has 0 aromatic heterocycles. The maximum absolute atomic E-state index is 11.6. The number of ether oxygens (including phenoxy) is 1. The molecule has 2 unspecified atom stereocenters. The third-order valence-electron chi connectivity index (χ3n) is 16.9. The van der Waals surface area contributed by atoms with Crippen LogP contribution < -0.4 is 0 Å². The lowest BCUT2D eigenvalue weighted by Gasteiger charge is -2.64. The first-order valence-electron chi connectivity index (χ1n) is 18.5. The predicted octanol–water partition coefficient (Wildman–Crippen LogP) is 9.87. The maximum Gasteiger partial charge on any atom is 0.192 e. The van der Waals surface area contributed by atoms with Crippen molar-refractivity contribution in [1.29, 1.82) is 0 Å². The second kappa shape index (κ2) is 9.80. The van der Waals surface area contributed by atoms with Gasteiger partial charge in [-0.3, -0.25) is 0 Å². The molecule has 0 aromatic carbocycles. The molecule has 3 nitrogen and oxygen atoms in total. The highest BCUT2D eigenvalue weighted by atomic mass is 28.4. The monoisotopic (exact) mass is 600 g/mol. The molecule has 242 valence electrons. The van der Waals surface area contributed by atoms with Crippen LogP contribution in [0.4, 0.5) is 0 Å². The fraction of sp³-hybridized carbons (Fsp3) is 1.00. The van der Waals surface area contributed by atoms with Crippen LogP contribution >= 0.6 is 0 Å². The number of aliphatic hydroxyl groups is 1. The van der Waals surface area contributed by atoms with E-state index < -0.39 is 14.4 Å². The largest absolute Gasteiger partial charge is 0.411 e. The summed E-state index contributed by atoms with van der Waals surface area (Å²) in [4.78, 5) is 0. The van der Waals surface area contributed by atoms with Crippen molar-refractivity contribution in [2.24, 2.45) is 62.1 Å². The van der Waals surface area contributed by atoms with E-state index in [2.05, 4.69) is 83.1 Å². The number of aliphatic hydroxyl groups excluding tert-OH is 1. The Labute approximate surface area is 261 Å². The van der Waals surface area contributed by atoms with Crippen molar-refractivity contribution < 1.29 is 14.3 Å². The molecule has 1 aliphatic heterocycles. The van der Waals surface area contributed by atoms with Crippen molar-refractivity contribution in [2.45, 2.75) is 177 Å². The molecule has 13 atom stereocenters. The molecule has 5 aliphatic carbocycles. The first kappa shape index (κ1) is 32.1. The molecular formula is C38H68O3Si. The number of hydrogen-bond donors (Lipinski definition) is 1. The van der Waals surface area contributed by atoms with Crippen LogP contribution in [0.3, 0.4) is 0 Å². The standard InChI is InChI=1S/C38H68O3Si/c1-13-42(14-2,15-3)41-32-30-29(24(4)22-26(40-30)31(39)33(6,7)8)35(11)20-21-38-23-37(38)19-18-25(5)34(9,10)27(37)16-17-28(38)36(32,35)12/h24-32,39H,13-23H2,1-12H3/t24-,25+,26-,27+,28+,29?,30+,31?,32+,35-,36-,37-,38+/m1/s1. The van der Waals surface area contributed by atoms with Gasteiger partial charge < -0.3 is 14.3 Å². The fourth-order valence-corrected chi connectivity index (χ4v) is 16.6. The van der Waals surface area contributed by atoms with Crippen molar-refractivity contribution in [3.8, 4) is 0 Å². The van der Waals surface area contributed by atoms with Gasteiger partial charge in [-0.2, -0.15) is 0 Å². The Morgan fingerprint density at radius 2 is 1.48 bits per heavy atom. The summed E-state index contributed by atoms with van der Waals surface area (Å²) in [6.45, 7) is 29.5. The predicted molar refractivity (Wildman–Crippen MR) is 177 cm³/mol. The van der Waals surface area contributed by atoms with Gasteiger partial charge in [0, 0.05) is 5.41 Å². The van der Waals surface area contributed by atoms with Crippen LogP contribution in [-0.2, 0) is 9.16 Å². The Morgan fingerprint density at radius 1 is 0.881 bits per heavy atom. The minimum Gasteiger partial charge on any atom is -0.411 e. The SMILES string of the molecule is CC[Si](CC)(CC)O[C@H]1[C@H]2O[C@@H](C(O)C(C)(C)C)C[C@@H](C)C2[C@@]2(C)CC[C@@]34C[C@@]35CC[C@H](C)C(C)(C)[C@@H]5CC[C@H]4[C@]12C. The average molecular weight is 601 g/mol. The molecule has 5 saturated carbocycles. The fourth-order valence-electron chi connectivity index (χ4n) is 13.7. The summed E-state index contributed by atoms with van der Waals surface area (Å²) in [7, 11) is -1.90. The van der Waals surface area contributed by atoms with Gasteiger partial charge in [-0.15, -0.1) is 0 Å². The van der Waals surface area contributed by atoms with E-state index in [-0.39, 0.29) is 34.6 Å². The lowest BCUT2D eigenvalue weighted by Crippen LogP contribution is -2.60. The first-order valence-corrected chi connectivity index (χ1v) is 21.0. The van der Waals surface area contributed by atoms with Gasteiger partial charge in [-0.05, 0) is 126 Å². The van der Waals surface area contributed by atoms with Crippen molar-refractivity contribution in [1.82, 2.24) is 0 Å². The minimum absolute atomic E-state index is 0.0988. The topological polar surface area (TPSA) is 38.7 Å². The van der Waals surface area contributed by atoms with Crippen LogP contribution in [0.1, 0.15) is 134 Å². The van der Waals surface area contributed by atoms with Crippen molar-refractivity contribution in [2.75, 3.05) is 0 Å². The summed E-state index contributed by atoms with van der Waals surface area (Å²) in [5, 5.41) is 11.6. The third kappa shape index (κ3) is 3.85. The zero-order chi connectivity index (χ0) is 30.9. The molecule has 42 heavy (non-hydrogen) atoms. The van der Waals surface area contributed by atoms with Crippen molar-refractivity contribution >= 4 is 8.32 Å². The summed E-state index contributed by atoms with van der Waals surface area (Å²) < 4.78 is 15.2. The first-order chi connectivity index (χ1) is 19.4. The molecule has 0 amide bonds. The second-order valence-corrected chi connectivity index (χ2v) is 23.8. The normalized spacial score (nSPS) is 51.9. The maximum atomic E-state index is 11.6. The number of rotatable bonds is 6. The lowest BCUT2D eigenvalue weighted by atomic mass is 9.41. The Hall–Kier alpha value is 0.0969. The van der Waals surface area contributed by atoms with Crippen LogP contribution in [0.15, 0.2) is 0 Å². The molecule has 0 bridgehead atoms. The van der Waals surface area contributed by atoms with E-state index in [4.69, 9.17) is 9.16 Å². The highest BCUT2D eigenvalue weighted by Gasteiger charge is 2.84. The van der Waals surface area contributed by atoms with Gasteiger partial charge in [0.05, 0.1) is 24.4 Å². The average Bonchev–Trinajstić information content (AvgIpc) is 3.56. The Kier molecular flexibility index (Phi) is 7.48. The van der Waals surface area contributed by atoms with E-state index in [1.54, 1.807) is 0 Å². The molecule has 6 fully saturated rings. The van der Waals surface area contributed by atoms with Gasteiger partial charge in [0.25, 0.3) is 0 Å². The second-order valence-electron chi connectivity index (χ2n) is 19.1. The molecule has 1 N–H and O–H groups in total. The van der Waals surface area contributed by atoms with E-state index in [1.165, 1.54) is 63.1 Å². The van der Waals surface area contributed by atoms with Gasteiger partial charge in [0.2, 0.25) is 0 Å². The van der Waals surface area contributed by atoms with Crippen molar-refractivity contribution in [3.05, 3.63) is 0 Å². The summed E-state index contributed by atoms with van der Waals surface area (Å²) >= 11 is 0. The molecule has 0 radical (unpaired) electrons. The Bertz CT molecular complexity index is 1040. The van der Waals surface area contributed by atoms with Crippen molar-refractivity contribution in [3.63, 3.8) is 0 Å². The zero-order valence-corrected chi connectivity index (χ0v) is 30.7. The number of hydrogen-bond acceptors (Lipinski definition) is 3. The molecule has 6 rings (SSSR count). The van der Waals surface area contributed by atoms with E-state index in [0.717, 1.165) is 24.2 Å². The number of fused-ring (bicyclic) bond motifs is 4. The highest BCUT2D eigenvalue weighted by molar-refractivity contribution is 6.73. The highest BCUT2D eigenvalue weighted by Crippen LogP contribution is 2.89. The minimum atomic E-state index is -1.90. The summed E-state index contributed by atoms with van der Waals surface area (Å²) in [6.07, 6.45) is 10.6. The van der Waals surface area contributed by atoms with E-state index >= 15 is 0 Å². The summed E-state index contributed by atoms with van der Waals surface area (Å²) in [5.74, 6) is 3.51. The van der Waals surface area contributed by atoms with Gasteiger partial charge in [0.15, 0.2) is 8.32 Å². The lowest BCUT2D eigenvalue weighted by molar-refractivity contribution is -0.186. The quantitative estimate of drug-likeness (QED) is 0.308. The molecule has 1 saturated heterocycles. The molecule has 2 spiro atoms. The Balaban J connectivity index is 1.45. The van der Waals surface area contributed by atoms with E-state index in [0.29, 0.717) is 28.1 Å². The van der Waals surface area contributed by atoms with Gasteiger partial charge in [-0.25, -0.2) is 0 Å². The van der Waals surface area contributed by atoms with Crippen LogP contribution in [0.2, 0.25) is 18.1 Å². The zero-order valence-electron chi connectivity index (χ0n) is 29.7. The molecule has 6 aliphatic rings. The van der Waals surface area contributed by atoms with Crippen LogP contribution in [-0.4, -0.2) is 37.8 Å². The Morgan fingerprint density at radius 3 is 2.07 bits per heavy atom. The summed E-state index contributed by atoms with van der Waals surface area (Å²) in [5.41, 5.74) is 1.69.